The topological polar surface area (TPSA) is 75.7 Å². The maximum absolute atomic E-state index is 12.8. The Balaban J connectivity index is 2.16. The first kappa shape index (κ1) is 19.0. The van der Waals surface area contributed by atoms with Crippen LogP contribution in [0.3, 0.4) is 0 Å². The van der Waals surface area contributed by atoms with Crippen LogP contribution in [0.25, 0.3) is 0 Å². The predicted octanol–water partition coefficient (Wildman–Crippen LogP) is 2.12. The molecule has 0 saturated carbocycles. The van der Waals surface area contributed by atoms with Gasteiger partial charge in [-0.2, -0.15) is 0 Å². The fourth-order valence-electron chi connectivity index (χ4n) is 3.20. The summed E-state index contributed by atoms with van der Waals surface area (Å²) in [6.45, 7) is 3.96. The van der Waals surface area contributed by atoms with Crippen molar-refractivity contribution in [1.82, 2.24) is 10.2 Å². The second-order valence-corrected chi connectivity index (χ2v) is 6.49. The first-order valence-corrected chi connectivity index (χ1v) is 8.63. The summed E-state index contributed by atoms with van der Waals surface area (Å²) < 4.78 is 4.83. The van der Waals surface area contributed by atoms with Gasteiger partial charge in [-0.3, -0.25) is 9.59 Å². The number of methoxy groups -OCH3 is 1. The number of nitrogens with one attached hydrogen (secondary N) is 1. The number of esters is 1. The quantitative estimate of drug-likeness (QED) is 0.829. The molecule has 2 atom stereocenters. The van der Waals surface area contributed by atoms with Gasteiger partial charge in [0.15, 0.2) is 0 Å². The zero-order valence-electron chi connectivity index (χ0n) is 15.1. The first-order valence-electron chi connectivity index (χ1n) is 8.63. The largest absolute Gasteiger partial charge is 0.467 e. The van der Waals surface area contributed by atoms with E-state index in [1.54, 1.807) is 4.90 Å². The van der Waals surface area contributed by atoms with Crippen molar-refractivity contribution in [2.45, 2.75) is 51.6 Å². The Morgan fingerprint density at radius 2 is 1.92 bits per heavy atom. The van der Waals surface area contributed by atoms with Crippen molar-refractivity contribution < 1.29 is 19.1 Å². The molecule has 1 fully saturated rings. The molecule has 136 valence electrons. The van der Waals surface area contributed by atoms with E-state index in [1.807, 2.05) is 31.2 Å². The third kappa shape index (κ3) is 5.05. The lowest BCUT2D eigenvalue weighted by Gasteiger charge is -2.34. The van der Waals surface area contributed by atoms with Crippen molar-refractivity contribution in [2.24, 2.45) is 0 Å². The van der Waals surface area contributed by atoms with Gasteiger partial charge < -0.3 is 15.0 Å². The van der Waals surface area contributed by atoms with Crippen molar-refractivity contribution in [1.29, 1.82) is 0 Å². The van der Waals surface area contributed by atoms with E-state index >= 15 is 0 Å². The number of piperidine rings is 1. The van der Waals surface area contributed by atoms with Crippen LogP contribution in [0.4, 0.5) is 0 Å². The van der Waals surface area contributed by atoms with Crippen LogP contribution in [0.15, 0.2) is 24.3 Å². The minimum atomic E-state index is -0.526. The van der Waals surface area contributed by atoms with Gasteiger partial charge in [-0.1, -0.05) is 29.8 Å². The Labute approximate surface area is 148 Å². The Morgan fingerprint density at radius 1 is 1.24 bits per heavy atom. The van der Waals surface area contributed by atoms with E-state index in [4.69, 9.17) is 4.74 Å². The van der Waals surface area contributed by atoms with Crippen molar-refractivity contribution in [3.05, 3.63) is 35.4 Å². The molecule has 1 saturated heterocycles. The molecule has 1 aliphatic heterocycles. The second kappa shape index (κ2) is 8.65. The van der Waals surface area contributed by atoms with Gasteiger partial charge >= 0.3 is 5.97 Å². The van der Waals surface area contributed by atoms with Gasteiger partial charge in [0, 0.05) is 13.5 Å². The number of carbonyl (C=O) groups is 3. The number of rotatable bonds is 5. The summed E-state index contributed by atoms with van der Waals surface area (Å²) in [6.07, 6.45) is 2.51. The Bertz CT molecular complexity index is 627. The fraction of sp³-hybridized carbons (Fsp3) is 0.526. The lowest BCUT2D eigenvalue weighted by atomic mass is 9.98. The zero-order chi connectivity index (χ0) is 18.4. The molecule has 25 heavy (non-hydrogen) atoms. The molecular formula is C19H26N2O4. The fourth-order valence-corrected chi connectivity index (χ4v) is 3.20. The SMILES string of the molecule is COC(=O)C1CCCCN1C(=O)CC(NC(C)=O)c1ccc(C)cc1. The first-order chi connectivity index (χ1) is 11.9. The minimum absolute atomic E-state index is 0.121. The molecule has 1 heterocycles. The van der Waals surface area contributed by atoms with Crippen LogP contribution >= 0.6 is 0 Å². The lowest BCUT2D eigenvalue weighted by Crippen LogP contribution is -2.49. The monoisotopic (exact) mass is 346 g/mol. The Hall–Kier alpha value is -2.37. The summed E-state index contributed by atoms with van der Waals surface area (Å²) in [5.41, 5.74) is 1.99. The van der Waals surface area contributed by atoms with E-state index in [1.165, 1.54) is 14.0 Å². The van der Waals surface area contributed by atoms with Crippen LogP contribution in [-0.4, -0.2) is 42.4 Å². The molecule has 1 aromatic rings. The smallest absolute Gasteiger partial charge is 0.328 e. The third-order valence-corrected chi connectivity index (χ3v) is 4.53. The summed E-state index contributed by atoms with van der Waals surface area (Å²) in [6, 6.07) is 6.79. The average molecular weight is 346 g/mol. The van der Waals surface area contributed by atoms with Crippen LogP contribution in [0.5, 0.6) is 0 Å². The summed E-state index contributed by atoms with van der Waals surface area (Å²) >= 11 is 0. The Kier molecular flexibility index (Phi) is 6.56. The van der Waals surface area contributed by atoms with Crippen LogP contribution in [0.1, 0.15) is 49.8 Å². The summed E-state index contributed by atoms with van der Waals surface area (Å²) in [5, 5.41) is 2.84. The van der Waals surface area contributed by atoms with E-state index in [9.17, 15) is 14.4 Å². The van der Waals surface area contributed by atoms with Crippen molar-refractivity contribution in [2.75, 3.05) is 13.7 Å². The number of aryl methyl sites for hydroxylation is 1. The number of amides is 2. The molecule has 0 radical (unpaired) electrons. The van der Waals surface area contributed by atoms with Crippen molar-refractivity contribution in [3.63, 3.8) is 0 Å². The molecule has 1 N–H and O–H groups in total. The van der Waals surface area contributed by atoms with Crippen LogP contribution in [0, 0.1) is 6.92 Å². The second-order valence-electron chi connectivity index (χ2n) is 6.49. The number of ether oxygens (including phenoxy) is 1. The van der Waals surface area contributed by atoms with E-state index < -0.39 is 12.1 Å². The number of hydrogen-bond donors (Lipinski definition) is 1. The van der Waals surface area contributed by atoms with Gasteiger partial charge in [-0.05, 0) is 31.7 Å². The highest BCUT2D eigenvalue weighted by Crippen LogP contribution is 2.23. The van der Waals surface area contributed by atoms with Gasteiger partial charge in [0.2, 0.25) is 11.8 Å². The lowest BCUT2D eigenvalue weighted by molar-refractivity contribution is -0.155. The molecule has 0 bridgehead atoms. The van der Waals surface area contributed by atoms with Crippen LogP contribution in [-0.2, 0) is 19.1 Å². The number of likely N-dealkylation sites (tertiary alicyclic amines) is 1. The summed E-state index contributed by atoms with van der Waals surface area (Å²) in [5.74, 6) is -0.713. The predicted molar refractivity (Wildman–Crippen MR) is 93.7 cm³/mol. The molecule has 1 aromatic carbocycles. The number of hydrogen-bond acceptors (Lipinski definition) is 4. The molecule has 6 nitrogen and oxygen atoms in total. The summed E-state index contributed by atoms with van der Waals surface area (Å²) in [4.78, 5) is 38.0. The number of benzene rings is 1. The van der Waals surface area contributed by atoms with E-state index in [2.05, 4.69) is 5.32 Å². The molecule has 0 aliphatic carbocycles. The third-order valence-electron chi connectivity index (χ3n) is 4.53. The Morgan fingerprint density at radius 3 is 2.52 bits per heavy atom. The highest BCUT2D eigenvalue weighted by Gasteiger charge is 2.33. The van der Waals surface area contributed by atoms with Gasteiger partial charge in [0.1, 0.15) is 6.04 Å². The maximum Gasteiger partial charge on any atom is 0.328 e. The molecule has 0 aromatic heterocycles. The van der Waals surface area contributed by atoms with Crippen LogP contribution in [0.2, 0.25) is 0 Å². The van der Waals surface area contributed by atoms with E-state index in [0.717, 1.165) is 24.0 Å². The molecule has 1 aliphatic rings. The van der Waals surface area contributed by atoms with Crippen molar-refractivity contribution in [3.8, 4) is 0 Å². The molecule has 2 amide bonds. The molecule has 2 rings (SSSR count). The maximum atomic E-state index is 12.8. The van der Waals surface area contributed by atoms with Gasteiger partial charge in [0.05, 0.1) is 19.6 Å². The average Bonchev–Trinajstić information content (AvgIpc) is 2.60. The van der Waals surface area contributed by atoms with E-state index in [-0.39, 0.29) is 24.2 Å². The number of nitrogens with zero attached hydrogens (tertiary/aromatic N) is 1. The van der Waals surface area contributed by atoms with Crippen molar-refractivity contribution >= 4 is 17.8 Å². The van der Waals surface area contributed by atoms with Gasteiger partial charge in [0.25, 0.3) is 0 Å². The number of carbonyl (C=O) groups excluding carboxylic acids is 3. The summed E-state index contributed by atoms with van der Waals surface area (Å²) in [7, 11) is 1.34. The normalized spacial score (nSPS) is 18.4. The zero-order valence-corrected chi connectivity index (χ0v) is 15.1. The van der Waals surface area contributed by atoms with Crippen LogP contribution < -0.4 is 5.32 Å². The van der Waals surface area contributed by atoms with Gasteiger partial charge in [-0.15, -0.1) is 0 Å². The standard InChI is InChI=1S/C19H26N2O4/c1-13-7-9-15(10-8-13)16(20-14(2)22)12-18(23)21-11-5-4-6-17(21)19(24)25-3/h7-10,16-17H,4-6,11-12H2,1-3H3,(H,20,22). The molecule has 2 unspecified atom stereocenters. The highest BCUT2D eigenvalue weighted by atomic mass is 16.5. The van der Waals surface area contributed by atoms with Gasteiger partial charge in [-0.25, -0.2) is 4.79 Å². The minimum Gasteiger partial charge on any atom is -0.467 e. The molecule has 6 heteroatoms. The highest BCUT2D eigenvalue weighted by molar-refractivity contribution is 5.85. The van der Waals surface area contributed by atoms with E-state index in [0.29, 0.717) is 13.0 Å². The molecule has 0 spiro atoms. The molecular weight excluding hydrogens is 320 g/mol.